The Morgan fingerprint density at radius 2 is 1.76 bits per heavy atom. The van der Waals surface area contributed by atoms with Crippen LogP contribution in [0.2, 0.25) is 10.0 Å². The SMILES string of the molecule is COc1ccc(-c2ccc3c(N)c(C(=O)Nc4cc(Cl)cc(Cl)c4)sc3n2)cc1. The number of methoxy groups -OCH3 is 1. The Balaban J connectivity index is 1.66. The second kappa shape index (κ2) is 7.91. The number of nitrogens with two attached hydrogens (primary N) is 1. The number of nitrogens with zero attached hydrogens (tertiary/aromatic N) is 1. The number of aromatic nitrogens is 1. The van der Waals surface area contributed by atoms with Gasteiger partial charge in [-0.25, -0.2) is 4.98 Å². The number of thiophene rings is 1. The summed E-state index contributed by atoms with van der Waals surface area (Å²) < 4.78 is 5.19. The predicted octanol–water partition coefficient (Wildman–Crippen LogP) is 6.11. The van der Waals surface area contributed by atoms with Gasteiger partial charge in [-0.2, -0.15) is 0 Å². The third-order valence-electron chi connectivity index (χ3n) is 4.31. The molecule has 4 aromatic rings. The quantitative estimate of drug-likeness (QED) is 0.398. The van der Waals surface area contributed by atoms with E-state index < -0.39 is 0 Å². The number of benzene rings is 2. The number of anilines is 2. The van der Waals surface area contributed by atoms with Gasteiger partial charge in [0.1, 0.15) is 15.5 Å². The fraction of sp³-hybridized carbons (Fsp3) is 0.0476. The highest BCUT2D eigenvalue weighted by Crippen LogP contribution is 2.35. The lowest BCUT2D eigenvalue weighted by atomic mass is 10.1. The molecule has 1 amide bonds. The molecule has 0 aliphatic rings. The number of nitrogen functional groups attached to an aromatic ring is 1. The molecule has 29 heavy (non-hydrogen) atoms. The number of ether oxygens (including phenoxy) is 1. The van der Waals surface area contributed by atoms with Crippen LogP contribution in [-0.2, 0) is 0 Å². The van der Waals surface area contributed by atoms with Crippen molar-refractivity contribution in [2.24, 2.45) is 0 Å². The van der Waals surface area contributed by atoms with Crippen LogP contribution in [0.4, 0.5) is 11.4 Å². The monoisotopic (exact) mass is 443 g/mol. The van der Waals surface area contributed by atoms with Gasteiger partial charge in [0.2, 0.25) is 0 Å². The molecule has 8 heteroatoms. The number of amides is 1. The first kappa shape index (κ1) is 19.5. The average Bonchev–Trinajstić information content (AvgIpc) is 3.03. The minimum absolute atomic E-state index is 0.338. The van der Waals surface area contributed by atoms with Crippen molar-refractivity contribution < 1.29 is 9.53 Å². The van der Waals surface area contributed by atoms with Crippen molar-refractivity contribution in [3.05, 3.63) is 69.5 Å². The van der Waals surface area contributed by atoms with Crippen molar-refractivity contribution in [3.63, 3.8) is 0 Å². The Kier molecular flexibility index (Phi) is 5.32. The summed E-state index contributed by atoms with van der Waals surface area (Å²) in [6.45, 7) is 0. The molecule has 2 aromatic heterocycles. The Hall–Kier alpha value is -2.80. The highest BCUT2D eigenvalue weighted by molar-refractivity contribution is 7.21. The molecule has 2 aromatic carbocycles. The molecular weight excluding hydrogens is 429 g/mol. The van der Waals surface area contributed by atoms with E-state index in [1.807, 2.05) is 36.4 Å². The van der Waals surface area contributed by atoms with Crippen molar-refractivity contribution in [3.8, 4) is 17.0 Å². The van der Waals surface area contributed by atoms with Crippen LogP contribution in [0.1, 0.15) is 9.67 Å². The van der Waals surface area contributed by atoms with E-state index in [0.717, 1.165) is 22.4 Å². The number of nitrogens with one attached hydrogen (secondary N) is 1. The first-order chi connectivity index (χ1) is 13.9. The van der Waals surface area contributed by atoms with Gasteiger partial charge in [-0.3, -0.25) is 4.79 Å². The summed E-state index contributed by atoms with van der Waals surface area (Å²) >= 11 is 13.2. The van der Waals surface area contributed by atoms with E-state index in [1.165, 1.54) is 11.3 Å². The number of fused-ring (bicyclic) bond motifs is 1. The molecule has 0 atom stereocenters. The standard InChI is InChI=1S/C21H15Cl2N3O2S/c1-28-15-4-2-11(3-5-15)17-7-6-16-18(24)19(29-21(16)26-17)20(27)25-14-9-12(22)8-13(23)10-14/h2-10H,24H2,1H3,(H,25,27). The fourth-order valence-corrected chi connectivity index (χ4v) is 4.42. The smallest absolute Gasteiger partial charge is 0.267 e. The summed E-state index contributed by atoms with van der Waals surface area (Å²) in [6, 6.07) is 16.2. The Morgan fingerprint density at radius 3 is 2.41 bits per heavy atom. The molecule has 5 nitrogen and oxygen atoms in total. The van der Waals surface area contributed by atoms with Gasteiger partial charge in [0.05, 0.1) is 18.5 Å². The molecule has 0 aliphatic carbocycles. The highest BCUT2D eigenvalue weighted by atomic mass is 35.5. The summed E-state index contributed by atoms with van der Waals surface area (Å²) in [5.74, 6) is 0.435. The topological polar surface area (TPSA) is 77.2 Å². The first-order valence-electron chi connectivity index (χ1n) is 8.55. The lowest BCUT2D eigenvalue weighted by Crippen LogP contribution is -2.11. The number of rotatable bonds is 4. The molecule has 0 spiro atoms. The van der Waals surface area contributed by atoms with E-state index in [0.29, 0.717) is 31.1 Å². The molecule has 0 saturated heterocycles. The summed E-state index contributed by atoms with van der Waals surface area (Å²) in [5.41, 5.74) is 8.84. The number of hydrogen-bond donors (Lipinski definition) is 2. The second-order valence-electron chi connectivity index (χ2n) is 6.23. The van der Waals surface area contributed by atoms with Gasteiger partial charge >= 0.3 is 0 Å². The Labute approximate surface area is 181 Å². The van der Waals surface area contributed by atoms with Crippen LogP contribution in [0.15, 0.2) is 54.6 Å². The Morgan fingerprint density at radius 1 is 1.07 bits per heavy atom. The third-order valence-corrected chi connectivity index (χ3v) is 5.86. The number of pyridine rings is 1. The maximum Gasteiger partial charge on any atom is 0.267 e. The molecule has 0 fully saturated rings. The van der Waals surface area contributed by atoms with Crippen molar-refractivity contribution in [2.45, 2.75) is 0 Å². The molecule has 2 heterocycles. The first-order valence-corrected chi connectivity index (χ1v) is 10.1. The highest BCUT2D eigenvalue weighted by Gasteiger charge is 2.18. The van der Waals surface area contributed by atoms with E-state index >= 15 is 0 Å². The van der Waals surface area contributed by atoms with E-state index in [1.54, 1.807) is 25.3 Å². The molecular formula is C21H15Cl2N3O2S. The van der Waals surface area contributed by atoms with Gasteiger partial charge in [0.15, 0.2) is 0 Å². The van der Waals surface area contributed by atoms with Crippen molar-refractivity contribution in [1.82, 2.24) is 4.98 Å². The zero-order valence-corrected chi connectivity index (χ0v) is 17.5. The van der Waals surface area contributed by atoms with Crippen LogP contribution >= 0.6 is 34.5 Å². The number of halogens is 2. The van der Waals surface area contributed by atoms with Crippen molar-refractivity contribution >= 4 is 62.0 Å². The van der Waals surface area contributed by atoms with E-state index in [2.05, 4.69) is 10.3 Å². The zero-order valence-electron chi connectivity index (χ0n) is 15.2. The van der Waals surface area contributed by atoms with Crippen LogP contribution in [-0.4, -0.2) is 18.0 Å². The van der Waals surface area contributed by atoms with Crippen LogP contribution in [0.3, 0.4) is 0 Å². The summed E-state index contributed by atoms with van der Waals surface area (Å²) in [7, 11) is 1.62. The number of hydrogen-bond acceptors (Lipinski definition) is 5. The molecule has 0 bridgehead atoms. The molecule has 0 aliphatic heterocycles. The van der Waals surface area contributed by atoms with Crippen LogP contribution in [0, 0.1) is 0 Å². The maximum atomic E-state index is 12.7. The molecule has 0 radical (unpaired) electrons. The lowest BCUT2D eigenvalue weighted by molar-refractivity contribution is 0.103. The van der Waals surface area contributed by atoms with E-state index in [-0.39, 0.29) is 5.91 Å². The van der Waals surface area contributed by atoms with Gasteiger partial charge < -0.3 is 15.8 Å². The van der Waals surface area contributed by atoms with Gasteiger partial charge in [-0.05, 0) is 54.6 Å². The third kappa shape index (κ3) is 4.00. The minimum Gasteiger partial charge on any atom is -0.497 e. The van der Waals surface area contributed by atoms with Gasteiger partial charge in [0.25, 0.3) is 5.91 Å². The average molecular weight is 444 g/mol. The molecule has 0 saturated carbocycles. The Bertz CT molecular complexity index is 1200. The summed E-state index contributed by atoms with van der Waals surface area (Å²) in [4.78, 5) is 18.5. The molecule has 146 valence electrons. The molecule has 3 N–H and O–H groups in total. The largest absolute Gasteiger partial charge is 0.497 e. The fourth-order valence-electron chi connectivity index (χ4n) is 2.90. The summed E-state index contributed by atoms with van der Waals surface area (Å²) in [5, 5.41) is 4.39. The predicted molar refractivity (Wildman–Crippen MR) is 120 cm³/mol. The summed E-state index contributed by atoms with van der Waals surface area (Å²) in [6.07, 6.45) is 0. The molecule has 4 rings (SSSR count). The normalized spacial score (nSPS) is 10.9. The second-order valence-corrected chi connectivity index (χ2v) is 8.11. The number of carbonyl (C=O) groups excluding carboxylic acids is 1. The van der Waals surface area contributed by atoms with Gasteiger partial charge in [0, 0.05) is 26.7 Å². The van der Waals surface area contributed by atoms with E-state index in [9.17, 15) is 4.79 Å². The van der Waals surface area contributed by atoms with Crippen molar-refractivity contribution in [2.75, 3.05) is 18.2 Å². The molecule has 0 unspecified atom stereocenters. The number of carbonyl (C=O) groups is 1. The van der Waals surface area contributed by atoms with Crippen LogP contribution < -0.4 is 15.8 Å². The lowest BCUT2D eigenvalue weighted by Gasteiger charge is -2.05. The zero-order chi connectivity index (χ0) is 20.5. The van der Waals surface area contributed by atoms with E-state index in [4.69, 9.17) is 33.7 Å². The van der Waals surface area contributed by atoms with Gasteiger partial charge in [-0.1, -0.05) is 23.2 Å². The van der Waals surface area contributed by atoms with Gasteiger partial charge in [-0.15, -0.1) is 11.3 Å². The van der Waals surface area contributed by atoms with Crippen LogP contribution in [0.5, 0.6) is 5.75 Å². The van der Waals surface area contributed by atoms with Crippen LogP contribution in [0.25, 0.3) is 21.5 Å². The minimum atomic E-state index is -0.338. The van der Waals surface area contributed by atoms with Crippen molar-refractivity contribution in [1.29, 1.82) is 0 Å². The maximum absolute atomic E-state index is 12.7.